The summed E-state index contributed by atoms with van der Waals surface area (Å²) in [6, 6.07) is 21.0. The van der Waals surface area contributed by atoms with Gasteiger partial charge in [-0.15, -0.1) is 0 Å². The van der Waals surface area contributed by atoms with Crippen molar-refractivity contribution in [1.29, 1.82) is 5.26 Å². The van der Waals surface area contributed by atoms with E-state index in [0.717, 1.165) is 0 Å². The number of halogens is 1. The summed E-state index contributed by atoms with van der Waals surface area (Å²) < 4.78 is 24.6. The first kappa shape index (κ1) is 21.8. The standard InChI is InChI=1S/C24H22FN3O3/c1-16(2)23(27-18-9-6-8-17(25)14-18)24(29)31-21(15-26)20-12-7-13-22(28-20)30-19-10-4-3-5-11-19/h3-14,16,21,23,27H,1-2H3. The van der Waals surface area contributed by atoms with Gasteiger partial charge in [0.05, 0.1) is 5.69 Å². The van der Waals surface area contributed by atoms with Gasteiger partial charge in [0.2, 0.25) is 12.0 Å². The maximum atomic E-state index is 13.5. The molecule has 0 aliphatic carbocycles. The summed E-state index contributed by atoms with van der Waals surface area (Å²) in [5.74, 6) is -0.358. The van der Waals surface area contributed by atoms with Gasteiger partial charge < -0.3 is 14.8 Å². The van der Waals surface area contributed by atoms with Gasteiger partial charge >= 0.3 is 5.97 Å². The lowest BCUT2D eigenvalue weighted by Gasteiger charge is -2.23. The van der Waals surface area contributed by atoms with Gasteiger partial charge in [-0.1, -0.05) is 44.2 Å². The zero-order chi connectivity index (χ0) is 22.2. The summed E-state index contributed by atoms with van der Waals surface area (Å²) in [4.78, 5) is 17.1. The molecule has 158 valence electrons. The lowest BCUT2D eigenvalue weighted by atomic mass is 10.0. The Bertz CT molecular complexity index is 1070. The molecule has 2 aromatic carbocycles. The van der Waals surface area contributed by atoms with Crippen molar-refractivity contribution in [3.05, 3.63) is 84.3 Å². The van der Waals surface area contributed by atoms with Crippen LogP contribution in [0.5, 0.6) is 11.6 Å². The van der Waals surface area contributed by atoms with Gasteiger partial charge in [-0.05, 0) is 42.3 Å². The molecule has 3 rings (SSSR count). The highest BCUT2D eigenvalue weighted by molar-refractivity contribution is 5.80. The number of carbonyl (C=O) groups is 1. The van der Waals surface area contributed by atoms with E-state index in [1.165, 1.54) is 12.1 Å². The van der Waals surface area contributed by atoms with E-state index in [1.807, 2.05) is 38.1 Å². The van der Waals surface area contributed by atoms with Gasteiger partial charge in [0.15, 0.2) is 0 Å². The summed E-state index contributed by atoms with van der Waals surface area (Å²) in [6.07, 6.45) is -1.22. The Balaban J connectivity index is 1.73. The number of nitrogens with one attached hydrogen (secondary N) is 1. The van der Waals surface area contributed by atoms with Crippen molar-refractivity contribution in [2.24, 2.45) is 5.92 Å². The number of carbonyl (C=O) groups excluding carboxylic acids is 1. The van der Waals surface area contributed by atoms with Crippen molar-refractivity contribution < 1.29 is 18.7 Å². The molecule has 6 nitrogen and oxygen atoms in total. The van der Waals surface area contributed by atoms with Crippen molar-refractivity contribution >= 4 is 11.7 Å². The first-order chi connectivity index (χ1) is 15.0. The van der Waals surface area contributed by atoms with Crippen LogP contribution >= 0.6 is 0 Å². The number of pyridine rings is 1. The third-order valence-corrected chi connectivity index (χ3v) is 4.40. The van der Waals surface area contributed by atoms with Crippen LogP contribution in [0.15, 0.2) is 72.8 Å². The lowest BCUT2D eigenvalue weighted by molar-refractivity contribution is -0.149. The number of aromatic nitrogens is 1. The topological polar surface area (TPSA) is 84.2 Å². The molecule has 1 heterocycles. The maximum absolute atomic E-state index is 13.5. The molecular formula is C24H22FN3O3. The predicted molar refractivity (Wildman–Crippen MR) is 114 cm³/mol. The van der Waals surface area contributed by atoms with Crippen LogP contribution < -0.4 is 10.1 Å². The fraction of sp³-hybridized carbons (Fsp3) is 0.208. The number of hydrogen-bond donors (Lipinski definition) is 1. The van der Waals surface area contributed by atoms with Crippen LogP contribution in [0, 0.1) is 23.1 Å². The molecule has 31 heavy (non-hydrogen) atoms. The first-order valence-electron chi connectivity index (χ1n) is 9.78. The van der Waals surface area contributed by atoms with E-state index in [9.17, 15) is 14.4 Å². The van der Waals surface area contributed by atoms with E-state index in [0.29, 0.717) is 11.4 Å². The SMILES string of the molecule is CC(C)C(Nc1cccc(F)c1)C(=O)OC(C#N)c1cccc(Oc2ccccc2)n1. The van der Waals surface area contributed by atoms with Crippen LogP contribution in [0.2, 0.25) is 0 Å². The number of para-hydroxylation sites is 1. The lowest BCUT2D eigenvalue weighted by Crippen LogP contribution is -2.36. The Kier molecular flexibility index (Phi) is 7.17. The van der Waals surface area contributed by atoms with Crippen molar-refractivity contribution in [1.82, 2.24) is 4.98 Å². The summed E-state index contributed by atoms with van der Waals surface area (Å²) in [6.45, 7) is 3.65. The van der Waals surface area contributed by atoms with E-state index in [2.05, 4.69) is 10.3 Å². The van der Waals surface area contributed by atoms with Gasteiger partial charge in [-0.2, -0.15) is 5.26 Å². The van der Waals surface area contributed by atoms with Crippen molar-refractivity contribution in [3.63, 3.8) is 0 Å². The highest BCUT2D eigenvalue weighted by Crippen LogP contribution is 2.24. The fourth-order valence-electron chi connectivity index (χ4n) is 2.84. The van der Waals surface area contributed by atoms with Crippen molar-refractivity contribution in [2.45, 2.75) is 26.0 Å². The number of ether oxygens (including phenoxy) is 2. The molecule has 0 saturated carbocycles. The van der Waals surface area contributed by atoms with Crippen molar-refractivity contribution in [3.8, 4) is 17.7 Å². The minimum absolute atomic E-state index is 0.171. The summed E-state index contributed by atoms with van der Waals surface area (Å²) in [5.41, 5.74) is 0.693. The minimum atomic E-state index is -1.22. The molecule has 0 aliphatic rings. The number of benzene rings is 2. The van der Waals surface area contributed by atoms with Gasteiger partial charge in [0, 0.05) is 11.8 Å². The number of rotatable bonds is 8. The third kappa shape index (κ3) is 6.03. The molecule has 0 fully saturated rings. The Morgan fingerprint density at radius 1 is 1.06 bits per heavy atom. The van der Waals surface area contributed by atoms with Crippen LogP contribution in [0.4, 0.5) is 10.1 Å². The maximum Gasteiger partial charge on any atom is 0.330 e. The quantitative estimate of drug-likeness (QED) is 0.502. The molecule has 1 aromatic heterocycles. The zero-order valence-corrected chi connectivity index (χ0v) is 17.2. The van der Waals surface area contributed by atoms with Crippen LogP contribution in [-0.2, 0) is 9.53 Å². The van der Waals surface area contributed by atoms with Crippen molar-refractivity contribution in [2.75, 3.05) is 5.32 Å². The van der Waals surface area contributed by atoms with E-state index >= 15 is 0 Å². The molecule has 1 N–H and O–H groups in total. The van der Waals surface area contributed by atoms with Gasteiger partial charge in [-0.25, -0.2) is 14.2 Å². The molecule has 0 saturated heterocycles. The molecule has 0 bridgehead atoms. The van der Waals surface area contributed by atoms with Crippen LogP contribution in [0.3, 0.4) is 0 Å². The highest BCUT2D eigenvalue weighted by Gasteiger charge is 2.28. The van der Waals surface area contributed by atoms with E-state index in [4.69, 9.17) is 9.47 Å². The number of anilines is 1. The molecule has 0 spiro atoms. The van der Waals surface area contributed by atoms with Crippen LogP contribution in [-0.4, -0.2) is 17.0 Å². The number of esters is 1. The van der Waals surface area contributed by atoms with E-state index in [1.54, 1.807) is 42.5 Å². The van der Waals surface area contributed by atoms with Gasteiger partial charge in [0.1, 0.15) is 23.7 Å². The fourth-order valence-corrected chi connectivity index (χ4v) is 2.84. The Morgan fingerprint density at radius 3 is 2.48 bits per heavy atom. The second-order valence-electron chi connectivity index (χ2n) is 7.14. The smallest absolute Gasteiger partial charge is 0.330 e. The molecular weight excluding hydrogens is 397 g/mol. The van der Waals surface area contributed by atoms with E-state index < -0.39 is 23.9 Å². The predicted octanol–water partition coefficient (Wildman–Crippen LogP) is 5.26. The monoisotopic (exact) mass is 419 g/mol. The van der Waals surface area contributed by atoms with Gasteiger partial charge in [-0.3, -0.25) is 0 Å². The van der Waals surface area contributed by atoms with Crippen LogP contribution in [0.1, 0.15) is 25.6 Å². The second kappa shape index (κ2) is 10.2. The Morgan fingerprint density at radius 2 is 1.81 bits per heavy atom. The van der Waals surface area contributed by atoms with E-state index in [-0.39, 0.29) is 17.5 Å². The molecule has 2 atom stereocenters. The molecule has 0 amide bonds. The summed E-state index contributed by atoms with van der Waals surface area (Å²) in [7, 11) is 0. The first-order valence-corrected chi connectivity index (χ1v) is 9.78. The number of nitrogens with zero attached hydrogens (tertiary/aromatic N) is 2. The summed E-state index contributed by atoms with van der Waals surface area (Å²) >= 11 is 0. The largest absolute Gasteiger partial charge is 0.439 e. The molecule has 0 radical (unpaired) electrons. The molecule has 3 aromatic rings. The number of hydrogen-bond acceptors (Lipinski definition) is 6. The average molecular weight is 419 g/mol. The third-order valence-electron chi connectivity index (χ3n) is 4.40. The van der Waals surface area contributed by atoms with Gasteiger partial charge in [0.25, 0.3) is 0 Å². The normalized spacial score (nSPS) is 12.5. The minimum Gasteiger partial charge on any atom is -0.439 e. The second-order valence-corrected chi connectivity index (χ2v) is 7.14. The molecule has 7 heteroatoms. The zero-order valence-electron chi connectivity index (χ0n) is 17.2. The number of nitriles is 1. The Hall–Kier alpha value is -3.92. The molecule has 0 aliphatic heterocycles. The van der Waals surface area contributed by atoms with Crippen LogP contribution in [0.25, 0.3) is 0 Å². The molecule has 2 unspecified atom stereocenters. The highest BCUT2D eigenvalue weighted by atomic mass is 19.1. The summed E-state index contributed by atoms with van der Waals surface area (Å²) in [5, 5.41) is 12.6. The Labute approximate surface area is 180 Å². The average Bonchev–Trinajstić information content (AvgIpc) is 2.76.